The average Bonchev–Trinajstić information content (AvgIpc) is 2.82. The second-order valence-electron chi connectivity index (χ2n) is 3.36. The second kappa shape index (κ2) is 6.53. The maximum atomic E-state index is 11.6. The van der Waals surface area contributed by atoms with Crippen LogP contribution in [0.2, 0.25) is 5.02 Å². The van der Waals surface area contributed by atoms with Gasteiger partial charge in [-0.05, 0) is 28.1 Å². The molecule has 1 aromatic rings. The number of carbonyl (C=O) groups is 1. The standard InChI is InChI=1S/C10H6BrClN2O4S2/c11-7-2-1-6(3-8(7)12)18-10(15)14-9-4-19(5-13-9)20(16)17/h1-5H,(H,14,15). The largest absolute Gasteiger partial charge is 0.418 e. The molecule has 1 aromatic carbocycles. The quantitative estimate of drug-likeness (QED) is 0.830. The van der Waals surface area contributed by atoms with E-state index in [9.17, 15) is 13.2 Å². The molecule has 1 amide bonds. The molecule has 1 atom stereocenters. The van der Waals surface area contributed by atoms with Crippen LogP contribution >= 0.6 is 27.5 Å². The van der Waals surface area contributed by atoms with E-state index in [1.807, 2.05) is 0 Å². The van der Waals surface area contributed by atoms with Crippen LogP contribution in [0.5, 0.6) is 5.75 Å². The molecule has 6 nitrogen and oxygen atoms in total. The highest BCUT2D eigenvalue weighted by atomic mass is 79.9. The highest BCUT2D eigenvalue weighted by Crippen LogP contribution is 2.26. The van der Waals surface area contributed by atoms with Crippen LogP contribution in [-0.2, 0) is 18.7 Å². The Morgan fingerprint density at radius 1 is 1.45 bits per heavy atom. The first kappa shape index (κ1) is 15.2. The molecule has 20 heavy (non-hydrogen) atoms. The summed E-state index contributed by atoms with van der Waals surface area (Å²) in [5.41, 5.74) is 1.23. The predicted octanol–water partition coefficient (Wildman–Crippen LogP) is 2.44. The van der Waals surface area contributed by atoms with Gasteiger partial charge >= 0.3 is 6.09 Å². The zero-order valence-electron chi connectivity index (χ0n) is 9.54. The number of halogens is 2. The summed E-state index contributed by atoms with van der Waals surface area (Å²) in [5.74, 6) is 0.385. The van der Waals surface area contributed by atoms with E-state index in [1.54, 1.807) is 12.1 Å². The Labute approximate surface area is 130 Å². The van der Waals surface area contributed by atoms with Gasteiger partial charge in [-0.2, -0.15) is 8.42 Å². The normalized spacial score (nSPS) is 16.7. The fraction of sp³-hybridized carbons (Fsp3) is 0. The molecule has 10 heteroatoms. The van der Waals surface area contributed by atoms with Crippen LogP contribution in [-0.4, -0.2) is 20.1 Å². The van der Waals surface area contributed by atoms with Crippen LogP contribution < -0.4 is 10.1 Å². The molecular formula is C10H6BrClN2O4S2. The van der Waals surface area contributed by atoms with Gasteiger partial charge in [-0.25, -0.2) is 9.79 Å². The van der Waals surface area contributed by atoms with Crippen LogP contribution in [0.4, 0.5) is 4.79 Å². The number of rotatable bonds is 2. The van der Waals surface area contributed by atoms with E-state index in [4.69, 9.17) is 16.3 Å². The summed E-state index contributed by atoms with van der Waals surface area (Å²) < 4.78 is 27.1. The number of aliphatic imine (C=N–C) groups is 1. The van der Waals surface area contributed by atoms with Crippen LogP contribution in [0.15, 0.2) is 38.9 Å². The van der Waals surface area contributed by atoms with Gasteiger partial charge in [0.05, 0.1) is 10.6 Å². The van der Waals surface area contributed by atoms with Crippen molar-refractivity contribution in [2.24, 2.45) is 4.99 Å². The van der Waals surface area contributed by atoms with Crippen molar-refractivity contribution in [3.8, 4) is 5.75 Å². The highest BCUT2D eigenvalue weighted by Gasteiger charge is 2.11. The highest BCUT2D eigenvalue weighted by molar-refractivity contribution is 9.10. The molecule has 0 saturated carbocycles. The molecule has 0 bridgehead atoms. The van der Waals surface area contributed by atoms with Crippen LogP contribution in [0, 0.1) is 0 Å². The molecule has 0 spiro atoms. The molecule has 1 aliphatic heterocycles. The van der Waals surface area contributed by atoms with Crippen molar-refractivity contribution in [3.63, 3.8) is 0 Å². The van der Waals surface area contributed by atoms with Crippen molar-refractivity contribution in [2.45, 2.75) is 0 Å². The SMILES string of the molecule is O=C(NC1=CS(=S(=O)=O)C=N1)Oc1ccc(Br)c(Cl)c1. The zero-order valence-corrected chi connectivity index (χ0v) is 13.5. The Kier molecular flexibility index (Phi) is 4.97. The van der Waals surface area contributed by atoms with Gasteiger partial charge in [0, 0.05) is 25.4 Å². The van der Waals surface area contributed by atoms with E-state index >= 15 is 0 Å². The lowest BCUT2D eigenvalue weighted by molar-refractivity contribution is 0.203. The van der Waals surface area contributed by atoms with Crippen LogP contribution in [0.25, 0.3) is 0 Å². The Morgan fingerprint density at radius 2 is 2.20 bits per heavy atom. The molecule has 1 unspecified atom stereocenters. The van der Waals surface area contributed by atoms with E-state index in [0.717, 1.165) is 0 Å². The van der Waals surface area contributed by atoms with Crippen LogP contribution in [0.1, 0.15) is 0 Å². The van der Waals surface area contributed by atoms with Gasteiger partial charge in [-0.15, -0.1) is 0 Å². The molecule has 0 aliphatic carbocycles. The van der Waals surface area contributed by atoms with Gasteiger partial charge < -0.3 is 4.74 Å². The minimum absolute atomic E-state index is 0.130. The van der Waals surface area contributed by atoms with Crippen molar-refractivity contribution in [3.05, 3.63) is 38.9 Å². The topological polar surface area (TPSA) is 84.8 Å². The molecule has 1 heterocycles. The second-order valence-corrected chi connectivity index (χ2v) is 8.11. The molecule has 0 aromatic heterocycles. The fourth-order valence-electron chi connectivity index (χ4n) is 1.19. The maximum absolute atomic E-state index is 11.6. The Balaban J connectivity index is 2.04. The van der Waals surface area contributed by atoms with Gasteiger partial charge in [0.2, 0.25) is 9.26 Å². The zero-order chi connectivity index (χ0) is 14.7. The molecule has 0 fully saturated rings. The minimum atomic E-state index is -2.28. The van der Waals surface area contributed by atoms with Crippen molar-refractivity contribution in [2.75, 3.05) is 0 Å². The Hall–Kier alpha value is -1.16. The summed E-state index contributed by atoms with van der Waals surface area (Å²) >= 11 is 9.07. The third-order valence-corrected chi connectivity index (χ3v) is 5.82. The number of ether oxygens (including phenoxy) is 1. The van der Waals surface area contributed by atoms with E-state index in [0.29, 0.717) is 9.50 Å². The van der Waals surface area contributed by atoms with E-state index in [2.05, 4.69) is 26.2 Å². The lowest BCUT2D eigenvalue weighted by Gasteiger charge is -2.06. The minimum Gasteiger partial charge on any atom is -0.410 e. The van der Waals surface area contributed by atoms with Crippen molar-refractivity contribution in [1.29, 1.82) is 0 Å². The van der Waals surface area contributed by atoms with E-state index in [1.165, 1.54) is 17.0 Å². The van der Waals surface area contributed by atoms with Crippen LogP contribution in [0.3, 0.4) is 0 Å². The van der Waals surface area contributed by atoms with Gasteiger partial charge in [0.25, 0.3) is 0 Å². The number of carbonyl (C=O) groups excluding carboxylic acids is 1. The van der Waals surface area contributed by atoms with Gasteiger partial charge in [-0.1, -0.05) is 11.6 Å². The average molecular weight is 398 g/mol. The first-order valence-electron chi connectivity index (χ1n) is 4.97. The molecule has 2 rings (SSSR count). The summed E-state index contributed by atoms with van der Waals surface area (Å²) in [6, 6.07) is 4.66. The Bertz CT molecular complexity index is 765. The summed E-state index contributed by atoms with van der Waals surface area (Å²) in [7, 11) is -3.40. The number of hydrogen-bond acceptors (Lipinski definition) is 5. The van der Waals surface area contributed by atoms with Gasteiger partial charge in [-0.3, -0.25) is 5.32 Å². The first-order chi connectivity index (χ1) is 9.45. The van der Waals surface area contributed by atoms with Crippen molar-refractivity contribution >= 4 is 57.9 Å². The monoisotopic (exact) mass is 396 g/mol. The lowest BCUT2D eigenvalue weighted by atomic mass is 10.3. The molecular weight excluding hydrogens is 392 g/mol. The smallest absolute Gasteiger partial charge is 0.410 e. The molecule has 1 N–H and O–H groups in total. The van der Waals surface area contributed by atoms with Crippen molar-refractivity contribution in [1.82, 2.24) is 5.32 Å². The number of hydrogen-bond donors (Lipinski definition) is 1. The molecule has 0 saturated heterocycles. The third-order valence-electron chi connectivity index (χ3n) is 2.01. The third kappa shape index (κ3) is 3.92. The summed E-state index contributed by atoms with van der Waals surface area (Å²) in [5, 5.41) is 4.05. The van der Waals surface area contributed by atoms with E-state index in [-0.39, 0.29) is 11.6 Å². The Morgan fingerprint density at radius 3 is 2.80 bits per heavy atom. The summed E-state index contributed by atoms with van der Waals surface area (Å²) in [6.07, 6.45) is -0.783. The van der Waals surface area contributed by atoms with Gasteiger partial charge in [0.15, 0.2) is 0 Å². The van der Waals surface area contributed by atoms with E-state index < -0.39 is 24.8 Å². The number of benzene rings is 1. The number of amides is 1. The van der Waals surface area contributed by atoms with Gasteiger partial charge in [0.1, 0.15) is 11.6 Å². The van der Waals surface area contributed by atoms with Crippen molar-refractivity contribution < 1.29 is 17.9 Å². The molecule has 106 valence electrons. The number of nitrogens with zero attached hydrogens (tertiary/aromatic N) is 1. The lowest BCUT2D eigenvalue weighted by Crippen LogP contribution is -2.25. The first-order valence-corrected chi connectivity index (χ1v) is 9.08. The maximum Gasteiger partial charge on any atom is 0.418 e. The summed E-state index contributed by atoms with van der Waals surface area (Å²) in [4.78, 5) is 15.3. The fourth-order valence-corrected chi connectivity index (χ4v) is 3.23. The predicted molar refractivity (Wildman–Crippen MR) is 81.2 cm³/mol. The number of nitrogens with one attached hydrogen (secondary N) is 1. The summed E-state index contributed by atoms with van der Waals surface area (Å²) in [6.45, 7) is 0. The molecule has 1 aliphatic rings. The molecule has 0 radical (unpaired) electrons.